The molecule has 112 valence electrons. The van der Waals surface area contributed by atoms with Crippen molar-refractivity contribution in [3.05, 3.63) is 30.2 Å². The smallest absolute Gasteiger partial charge is 0.550 e. The van der Waals surface area contributed by atoms with Crippen LogP contribution >= 0.6 is 0 Å². The fraction of sp³-hybridized carbons (Fsp3) is 0.462. The number of rotatable bonds is 3. The van der Waals surface area contributed by atoms with E-state index < -0.39 is 24.1 Å². The summed E-state index contributed by atoms with van der Waals surface area (Å²) in [5.41, 5.74) is 1.52. The summed E-state index contributed by atoms with van der Waals surface area (Å²) in [5.74, 6) is -2.46. The number of pyridine rings is 1. The van der Waals surface area contributed by atoms with Crippen LogP contribution in [0, 0.1) is 5.92 Å². The standard InChI is InChI=1S/C13H16N4O4.K/c18-10-6-16(5-9(12(10)19)13(20)21)4-8-2-1-3-11-14-7-15-17(8)11;/h1-3,7,9-10,12,18-19H,4-6H2,(H,20,21);/q;+1/p-1. The molecule has 8 nitrogen and oxygen atoms in total. The average molecular weight is 330 g/mol. The fourth-order valence-electron chi connectivity index (χ4n) is 2.69. The van der Waals surface area contributed by atoms with Gasteiger partial charge in [0.2, 0.25) is 0 Å². The number of carboxylic acid groups (broad SMARTS) is 1. The third kappa shape index (κ3) is 3.57. The second kappa shape index (κ2) is 7.45. The molecule has 22 heavy (non-hydrogen) atoms. The van der Waals surface area contributed by atoms with Crippen LogP contribution in [-0.4, -0.2) is 61.0 Å². The molecule has 1 saturated heterocycles. The second-order valence-electron chi connectivity index (χ2n) is 5.22. The Hall–Kier alpha value is -0.394. The number of β-amino-alcohol motifs (C(OH)–C–C–N with tert-alkyl or cyclic N) is 1. The van der Waals surface area contributed by atoms with Gasteiger partial charge in [-0.15, -0.1) is 0 Å². The van der Waals surface area contributed by atoms with E-state index in [0.717, 1.165) is 5.69 Å². The van der Waals surface area contributed by atoms with Gasteiger partial charge in [0.15, 0.2) is 5.65 Å². The molecule has 9 heteroatoms. The Morgan fingerprint density at radius 3 is 2.86 bits per heavy atom. The van der Waals surface area contributed by atoms with Gasteiger partial charge in [0.25, 0.3) is 0 Å². The molecule has 0 amide bonds. The summed E-state index contributed by atoms with van der Waals surface area (Å²) >= 11 is 0. The molecule has 0 bridgehead atoms. The first kappa shape index (κ1) is 18.0. The van der Waals surface area contributed by atoms with Gasteiger partial charge in [-0.25, -0.2) is 9.50 Å². The minimum atomic E-state index is -1.36. The molecule has 1 aliphatic heterocycles. The van der Waals surface area contributed by atoms with Crippen molar-refractivity contribution in [3.63, 3.8) is 0 Å². The van der Waals surface area contributed by atoms with E-state index in [1.54, 1.807) is 9.42 Å². The van der Waals surface area contributed by atoms with E-state index in [2.05, 4.69) is 10.1 Å². The summed E-state index contributed by atoms with van der Waals surface area (Å²) in [5, 5.41) is 34.7. The van der Waals surface area contributed by atoms with Gasteiger partial charge in [0, 0.05) is 31.5 Å². The Morgan fingerprint density at radius 2 is 2.14 bits per heavy atom. The first-order valence-electron chi connectivity index (χ1n) is 6.63. The van der Waals surface area contributed by atoms with Crippen LogP contribution in [-0.2, 0) is 11.3 Å². The molecule has 0 aromatic carbocycles. The summed E-state index contributed by atoms with van der Waals surface area (Å²) in [6, 6.07) is 5.51. The maximum atomic E-state index is 11.0. The van der Waals surface area contributed by atoms with Gasteiger partial charge in [-0.3, -0.25) is 4.90 Å². The molecule has 3 rings (SSSR count). The molecule has 0 aliphatic carbocycles. The SMILES string of the molecule is O=C([O-])C1CN(Cc2cccc3ncnn23)CC(O)C1O.[K+]. The van der Waals surface area contributed by atoms with Crippen molar-refractivity contribution < 1.29 is 71.5 Å². The number of aliphatic hydroxyl groups excluding tert-OH is 2. The maximum Gasteiger partial charge on any atom is 1.00 e. The molecule has 2 aromatic rings. The van der Waals surface area contributed by atoms with E-state index >= 15 is 0 Å². The van der Waals surface area contributed by atoms with Crippen molar-refractivity contribution in [2.45, 2.75) is 18.8 Å². The molecular formula is C13H15KN4O4. The van der Waals surface area contributed by atoms with Crippen molar-refractivity contribution in [2.24, 2.45) is 5.92 Å². The number of carbonyl (C=O) groups excluding carboxylic acids is 1. The number of likely N-dealkylation sites (tertiary alicyclic amines) is 1. The molecule has 0 saturated carbocycles. The Kier molecular flexibility index (Phi) is 6.08. The quantitative estimate of drug-likeness (QED) is 0.540. The maximum absolute atomic E-state index is 11.0. The Morgan fingerprint density at radius 1 is 1.36 bits per heavy atom. The molecule has 1 aliphatic rings. The van der Waals surface area contributed by atoms with Gasteiger partial charge in [-0.2, -0.15) is 5.10 Å². The van der Waals surface area contributed by atoms with Crippen LogP contribution in [0.5, 0.6) is 0 Å². The van der Waals surface area contributed by atoms with Gasteiger partial charge < -0.3 is 20.1 Å². The molecule has 0 spiro atoms. The number of aliphatic carboxylic acids is 1. The molecular weight excluding hydrogens is 315 g/mol. The molecule has 2 N–H and O–H groups in total. The normalized spacial score (nSPS) is 25.8. The predicted molar refractivity (Wildman–Crippen MR) is 68.8 cm³/mol. The number of hydrogen-bond donors (Lipinski definition) is 2. The first-order chi connectivity index (χ1) is 10.1. The second-order valence-corrected chi connectivity index (χ2v) is 5.22. The number of piperidine rings is 1. The third-order valence-corrected chi connectivity index (χ3v) is 3.78. The van der Waals surface area contributed by atoms with Crippen LogP contribution < -0.4 is 56.5 Å². The number of aromatic nitrogens is 3. The van der Waals surface area contributed by atoms with Crippen LogP contribution in [0.3, 0.4) is 0 Å². The number of hydrogen-bond acceptors (Lipinski definition) is 7. The zero-order valence-electron chi connectivity index (χ0n) is 12.2. The monoisotopic (exact) mass is 330 g/mol. The van der Waals surface area contributed by atoms with Crippen LogP contribution in [0.15, 0.2) is 24.5 Å². The van der Waals surface area contributed by atoms with E-state index in [9.17, 15) is 20.1 Å². The molecule has 0 radical (unpaired) electrons. The van der Waals surface area contributed by atoms with Crippen LogP contribution in [0.4, 0.5) is 0 Å². The Balaban J connectivity index is 0.00000176. The number of aliphatic hydroxyl groups is 2. The van der Waals surface area contributed by atoms with Gasteiger partial charge >= 0.3 is 51.4 Å². The largest absolute Gasteiger partial charge is 1.00 e. The molecule has 3 heterocycles. The number of carboxylic acids is 1. The summed E-state index contributed by atoms with van der Waals surface area (Å²) < 4.78 is 1.66. The van der Waals surface area contributed by atoms with Crippen molar-refractivity contribution in [1.82, 2.24) is 19.5 Å². The topological polar surface area (TPSA) is 114 Å². The van der Waals surface area contributed by atoms with E-state index in [1.165, 1.54) is 6.33 Å². The van der Waals surface area contributed by atoms with Crippen molar-refractivity contribution in [1.29, 1.82) is 0 Å². The predicted octanol–water partition coefficient (Wildman–Crippen LogP) is -5.36. The van der Waals surface area contributed by atoms with Crippen LogP contribution in [0.1, 0.15) is 5.69 Å². The van der Waals surface area contributed by atoms with E-state index in [0.29, 0.717) is 12.2 Å². The molecule has 3 unspecified atom stereocenters. The van der Waals surface area contributed by atoms with E-state index in [1.807, 2.05) is 18.2 Å². The minimum Gasteiger partial charge on any atom is -0.550 e. The first-order valence-corrected chi connectivity index (χ1v) is 6.63. The molecule has 3 atom stereocenters. The molecule has 2 aromatic heterocycles. The summed E-state index contributed by atoms with van der Waals surface area (Å²) in [6.07, 6.45) is -0.970. The summed E-state index contributed by atoms with van der Waals surface area (Å²) in [4.78, 5) is 16.9. The number of nitrogens with zero attached hydrogens (tertiary/aromatic N) is 4. The minimum absolute atomic E-state index is 0. The number of carbonyl (C=O) groups is 1. The van der Waals surface area contributed by atoms with Crippen molar-refractivity contribution in [3.8, 4) is 0 Å². The fourth-order valence-corrected chi connectivity index (χ4v) is 2.69. The van der Waals surface area contributed by atoms with E-state index in [-0.39, 0.29) is 64.5 Å². The van der Waals surface area contributed by atoms with Crippen LogP contribution in [0.2, 0.25) is 0 Å². The van der Waals surface area contributed by atoms with Gasteiger partial charge in [-0.1, -0.05) is 6.07 Å². The van der Waals surface area contributed by atoms with Crippen LogP contribution in [0.25, 0.3) is 5.65 Å². The van der Waals surface area contributed by atoms with Crippen molar-refractivity contribution in [2.75, 3.05) is 13.1 Å². The van der Waals surface area contributed by atoms with E-state index in [4.69, 9.17) is 0 Å². The van der Waals surface area contributed by atoms with Gasteiger partial charge in [0.1, 0.15) is 6.33 Å². The zero-order chi connectivity index (χ0) is 15.0. The molecule has 1 fully saturated rings. The summed E-state index contributed by atoms with van der Waals surface area (Å²) in [7, 11) is 0. The van der Waals surface area contributed by atoms with Gasteiger partial charge in [0.05, 0.1) is 17.9 Å². The Labute approximate surface area is 169 Å². The van der Waals surface area contributed by atoms with Gasteiger partial charge in [-0.05, 0) is 12.1 Å². The average Bonchev–Trinajstić information content (AvgIpc) is 2.91. The Bertz CT molecular complexity index is 664. The summed E-state index contributed by atoms with van der Waals surface area (Å²) in [6.45, 7) is 0.704. The number of fused-ring (bicyclic) bond motifs is 1. The zero-order valence-corrected chi connectivity index (χ0v) is 15.3. The van der Waals surface area contributed by atoms with Crippen molar-refractivity contribution >= 4 is 11.6 Å². The third-order valence-electron chi connectivity index (χ3n) is 3.78.